The highest BCUT2D eigenvalue weighted by atomic mass is 16.1. The summed E-state index contributed by atoms with van der Waals surface area (Å²) in [5.74, 6) is 0.623. The zero-order valence-corrected chi connectivity index (χ0v) is 8.86. The predicted octanol–water partition coefficient (Wildman–Crippen LogP) is 3.47. The molecular formula is C14H16O. The molecule has 1 aromatic rings. The number of allylic oxidation sites excluding steroid dienone is 2. The Labute approximate surface area is 90.8 Å². The predicted molar refractivity (Wildman–Crippen MR) is 61.8 cm³/mol. The largest absolute Gasteiger partial charge is 0.303 e. The maximum absolute atomic E-state index is 10.2. The van der Waals surface area contributed by atoms with Gasteiger partial charge in [-0.25, -0.2) is 0 Å². The summed E-state index contributed by atoms with van der Waals surface area (Å²) in [4.78, 5) is 10.2. The molecule has 2 rings (SSSR count). The van der Waals surface area contributed by atoms with E-state index < -0.39 is 0 Å². The number of carbonyl (C=O) groups is 1. The van der Waals surface area contributed by atoms with Crippen molar-refractivity contribution in [2.75, 3.05) is 0 Å². The molecule has 1 fully saturated rings. The quantitative estimate of drug-likeness (QED) is 0.413. The summed E-state index contributed by atoms with van der Waals surface area (Å²) in [6, 6.07) is 10.6. The lowest BCUT2D eigenvalue weighted by atomic mass is 9.74. The zero-order valence-electron chi connectivity index (χ0n) is 8.86. The van der Waals surface area contributed by atoms with Gasteiger partial charge in [0.25, 0.3) is 0 Å². The van der Waals surface area contributed by atoms with Crippen molar-refractivity contribution in [1.29, 1.82) is 0 Å². The van der Waals surface area contributed by atoms with Crippen molar-refractivity contribution in [3.8, 4) is 0 Å². The number of hydrogen-bond acceptors (Lipinski definition) is 1. The fourth-order valence-electron chi connectivity index (χ4n) is 2.10. The molecule has 15 heavy (non-hydrogen) atoms. The first-order valence-electron chi connectivity index (χ1n) is 5.59. The smallest absolute Gasteiger partial charge is 0.120 e. The van der Waals surface area contributed by atoms with Gasteiger partial charge in [-0.1, -0.05) is 42.0 Å². The van der Waals surface area contributed by atoms with Crippen molar-refractivity contribution in [3.05, 3.63) is 47.5 Å². The van der Waals surface area contributed by atoms with Crippen LogP contribution < -0.4 is 0 Å². The van der Waals surface area contributed by atoms with Crippen LogP contribution in [0.5, 0.6) is 0 Å². The Hall–Kier alpha value is -1.37. The normalized spacial score (nSPS) is 22.4. The molecule has 1 heteroatoms. The second kappa shape index (κ2) is 4.92. The Morgan fingerprint density at radius 2 is 2.00 bits per heavy atom. The Morgan fingerprint density at radius 1 is 1.20 bits per heavy atom. The minimum absolute atomic E-state index is 0.623. The molecule has 0 spiro atoms. The number of rotatable bonds is 4. The molecule has 1 nitrogen and oxygen atoms in total. The van der Waals surface area contributed by atoms with Gasteiger partial charge in [-0.3, -0.25) is 0 Å². The van der Waals surface area contributed by atoms with Gasteiger partial charge in [0.1, 0.15) is 6.29 Å². The van der Waals surface area contributed by atoms with Crippen LogP contribution in [0.4, 0.5) is 0 Å². The Morgan fingerprint density at radius 3 is 2.60 bits per heavy atom. The van der Waals surface area contributed by atoms with Gasteiger partial charge in [0.2, 0.25) is 0 Å². The van der Waals surface area contributed by atoms with E-state index in [1.165, 1.54) is 24.0 Å². The number of benzene rings is 1. The van der Waals surface area contributed by atoms with Gasteiger partial charge in [-0.15, -0.1) is 0 Å². The molecule has 1 atom stereocenters. The summed E-state index contributed by atoms with van der Waals surface area (Å²) < 4.78 is 0. The lowest BCUT2D eigenvalue weighted by Gasteiger charge is -2.30. The van der Waals surface area contributed by atoms with E-state index in [-0.39, 0.29) is 0 Å². The molecule has 0 radical (unpaired) electrons. The number of carbonyl (C=O) groups excluding carboxylic acids is 1. The fraction of sp³-hybridized carbons (Fsp3) is 0.357. The molecule has 0 N–H and O–H groups in total. The summed E-state index contributed by atoms with van der Waals surface area (Å²) >= 11 is 0. The maximum atomic E-state index is 10.2. The van der Waals surface area contributed by atoms with E-state index in [4.69, 9.17) is 0 Å². The Balaban J connectivity index is 2.00. The molecule has 1 unspecified atom stereocenters. The lowest BCUT2D eigenvalue weighted by molar-refractivity contribution is -0.107. The maximum Gasteiger partial charge on any atom is 0.120 e. The summed E-state index contributed by atoms with van der Waals surface area (Å²) in [6.07, 6.45) is 7.27. The van der Waals surface area contributed by atoms with Crippen LogP contribution in [0.15, 0.2) is 42.0 Å². The summed E-state index contributed by atoms with van der Waals surface area (Å²) in [5, 5.41) is 0. The lowest BCUT2D eigenvalue weighted by Crippen LogP contribution is -2.13. The minimum atomic E-state index is 0.623. The molecule has 78 valence electrons. The minimum Gasteiger partial charge on any atom is -0.303 e. The van der Waals surface area contributed by atoms with Gasteiger partial charge in [-0.2, -0.15) is 0 Å². The number of unbranched alkanes of at least 4 members (excludes halogenated alkanes) is 1. The van der Waals surface area contributed by atoms with Crippen molar-refractivity contribution in [2.45, 2.75) is 31.6 Å². The van der Waals surface area contributed by atoms with Gasteiger partial charge in [-0.05, 0) is 24.8 Å². The van der Waals surface area contributed by atoms with E-state index >= 15 is 0 Å². The van der Waals surface area contributed by atoms with E-state index in [1.54, 1.807) is 0 Å². The van der Waals surface area contributed by atoms with E-state index in [1.807, 2.05) is 0 Å². The van der Waals surface area contributed by atoms with E-state index in [0.29, 0.717) is 12.3 Å². The Kier molecular flexibility index (Phi) is 3.33. The molecule has 1 aromatic carbocycles. The Bertz CT molecular complexity index is 351. The first-order chi connectivity index (χ1) is 7.42. The summed E-state index contributed by atoms with van der Waals surface area (Å²) in [5.41, 5.74) is 2.93. The van der Waals surface area contributed by atoms with Crippen molar-refractivity contribution in [3.63, 3.8) is 0 Å². The second-order valence-corrected chi connectivity index (χ2v) is 4.03. The van der Waals surface area contributed by atoms with Gasteiger partial charge in [0.15, 0.2) is 0 Å². The third-order valence-electron chi connectivity index (χ3n) is 3.06. The van der Waals surface area contributed by atoms with Crippen LogP contribution in [0.3, 0.4) is 0 Å². The molecule has 0 aromatic heterocycles. The third kappa shape index (κ3) is 2.35. The van der Waals surface area contributed by atoms with Crippen LogP contribution in [0.2, 0.25) is 0 Å². The van der Waals surface area contributed by atoms with Crippen molar-refractivity contribution >= 4 is 6.29 Å². The standard InChI is InChI=1S/C14H16O/c15-11-5-4-8-13-9-10-14(13)12-6-2-1-3-7-12/h1-3,6-8,11,14H,4-5,9-10H2/b13-8+. The topological polar surface area (TPSA) is 17.1 Å². The SMILES string of the molecule is O=CCC/C=C1\CCC1c1ccccc1. The highest BCUT2D eigenvalue weighted by Gasteiger charge is 2.24. The summed E-state index contributed by atoms with van der Waals surface area (Å²) in [6.45, 7) is 0. The first kappa shape index (κ1) is 10.2. The van der Waals surface area contributed by atoms with Gasteiger partial charge >= 0.3 is 0 Å². The van der Waals surface area contributed by atoms with Crippen molar-refractivity contribution in [2.24, 2.45) is 0 Å². The number of aldehydes is 1. The van der Waals surface area contributed by atoms with Crippen LogP contribution in [0.25, 0.3) is 0 Å². The van der Waals surface area contributed by atoms with Gasteiger partial charge in [0, 0.05) is 12.3 Å². The monoisotopic (exact) mass is 200 g/mol. The van der Waals surface area contributed by atoms with Crippen LogP contribution in [0.1, 0.15) is 37.2 Å². The average Bonchev–Trinajstić information content (AvgIpc) is 2.24. The molecule has 0 heterocycles. The summed E-state index contributed by atoms with van der Waals surface area (Å²) in [7, 11) is 0. The molecule has 0 bridgehead atoms. The highest BCUT2D eigenvalue weighted by molar-refractivity contribution is 5.49. The van der Waals surface area contributed by atoms with Crippen LogP contribution in [0, 0.1) is 0 Å². The molecule has 0 aliphatic heterocycles. The van der Waals surface area contributed by atoms with Crippen LogP contribution >= 0.6 is 0 Å². The second-order valence-electron chi connectivity index (χ2n) is 4.03. The third-order valence-corrected chi connectivity index (χ3v) is 3.06. The molecule has 0 saturated heterocycles. The molecule has 0 amide bonds. The van der Waals surface area contributed by atoms with Crippen molar-refractivity contribution < 1.29 is 4.79 Å². The van der Waals surface area contributed by atoms with E-state index in [2.05, 4.69) is 36.4 Å². The fourth-order valence-corrected chi connectivity index (χ4v) is 2.10. The van der Waals surface area contributed by atoms with Crippen molar-refractivity contribution in [1.82, 2.24) is 0 Å². The van der Waals surface area contributed by atoms with E-state index in [0.717, 1.165) is 12.7 Å². The zero-order chi connectivity index (χ0) is 10.5. The highest BCUT2D eigenvalue weighted by Crippen LogP contribution is 2.41. The average molecular weight is 200 g/mol. The molecule has 1 saturated carbocycles. The van der Waals surface area contributed by atoms with Crippen LogP contribution in [-0.4, -0.2) is 6.29 Å². The molecule has 1 aliphatic carbocycles. The van der Waals surface area contributed by atoms with Crippen LogP contribution in [-0.2, 0) is 4.79 Å². The van der Waals surface area contributed by atoms with E-state index in [9.17, 15) is 4.79 Å². The van der Waals surface area contributed by atoms with Gasteiger partial charge < -0.3 is 4.79 Å². The van der Waals surface area contributed by atoms with Gasteiger partial charge in [0.05, 0.1) is 0 Å². The molecular weight excluding hydrogens is 184 g/mol. The molecule has 1 aliphatic rings. The number of hydrogen-bond donors (Lipinski definition) is 0. The first-order valence-corrected chi connectivity index (χ1v) is 5.59.